The molecule has 148 valence electrons. The van der Waals surface area contributed by atoms with Crippen molar-refractivity contribution in [2.75, 3.05) is 32.8 Å². The Kier molecular flexibility index (Phi) is 5.17. The number of rotatable bonds is 3. The van der Waals surface area contributed by atoms with E-state index in [1.807, 2.05) is 47.1 Å². The summed E-state index contributed by atoms with van der Waals surface area (Å²) in [6, 6.07) is 9.53. The second-order valence-electron chi connectivity index (χ2n) is 7.43. The summed E-state index contributed by atoms with van der Waals surface area (Å²) < 4.78 is 11.4. The molecule has 7 nitrogen and oxygen atoms in total. The lowest BCUT2D eigenvalue weighted by Crippen LogP contribution is -2.58. The molecule has 0 saturated carbocycles. The average molecular weight is 383 g/mol. The monoisotopic (exact) mass is 383 g/mol. The van der Waals surface area contributed by atoms with Gasteiger partial charge in [0.1, 0.15) is 5.56 Å². The molecule has 2 saturated heterocycles. The SMILES string of the molecule is CCC(=O)N1CCOC2(CCN(C(=O)c3cnoc3-c3ccccc3)CC2)C1. The quantitative estimate of drug-likeness (QED) is 0.814. The Labute approximate surface area is 164 Å². The molecule has 7 heteroatoms. The fourth-order valence-corrected chi connectivity index (χ4v) is 4.06. The molecule has 3 heterocycles. The molecule has 2 aliphatic heterocycles. The Morgan fingerprint density at radius 3 is 2.57 bits per heavy atom. The molecule has 2 fully saturated rings. The second kappa shape index (κ2) is 7.75. The molecule has 2 aliphatic rings. The molecular formula is C21H25N3O4. The lowest BCUT2D eigenvalue weighted by atomic mass is 9.89. The number of morpholine rings is 1. The maximum atomic E-state index is 13.1. The number of amides is 2. The average Bonchev–Trinajstić information content (AvgIpc) is 3.24. The first kappa shape index (κ1) is 18.7. The number of carbonyl (C=O) groups is 2. The maximum absolute atomic E-state index is 13.1. The highest BCUT2D eigenvalue weighted by atomic mass is 16.5. The van der Waals surface area contributed by atoms with Gasteiger partial charge in [0.25, 0.3) is 5.91 Å². The van der Waals surface area contributed by atoms with E-state index >= 15 is 0 Å². The summed E-state index contributed by atoms with van der Waals surface area (Å²) in [5, 5.41) is 3.85. The maximum Gasteiger partial charge on any atom is 0.259 e. The summed E-state index contributed by atoms with van der Waals surface area (Å²) in [7, 11) is 0. The van der Waals surface area contributed by atoms with E-state index in [1.165, 1.54) is 6.20 Å². The van der Waals surface area contributed by atoms with Gasteiger partial charge in [-0.25, -0.2) is 0 Å². The van der Waals surface area contributed by atoms with Crippen molar-refractivity contribution >= 4 is 11.8 Å². The minimum Gasteiger partial charge on any atom is -0.371 e. The summed E-state index contributed by atoms with van der Waals surface area (Å²) in [6.45, 7) is 4.89. The van der Waals surface area contributed by atoms with Crippen LogP contribution in [0.4, 0.5) is 0 Å². The summed E-state index contributed by atoms with van der Waals surface area (Å²) >= 11 is 0. The molecule has 2 aromatic rings. The van der Waals surface area contributed by atoms with E-state index in [1.54, 1.807) is 0 Å². The van der Waals surface area contributed by atoms with E-state index < -0.39 is 0 Å². The minimum absolute atomic E-state index is 0.0766. The molecule has 1 aromatic heterocycles. The molecule has 2 amide bonds. The first-order chi connectivity index (χ1) is 13.6. The normalized spacial score (nSPS) is 19.0. The second-order valence-corrected chi connectivity index (χ2v) is 7.43. The highest BCUT2D eigenvalue weighted by molar-refractivity contribution is 5.99. The van der Waals surface area contributed by atoms with Crippen LogP contribution >= 0.6 is 0 Å². The zero-order valence-corrected chi connectivity index (χ0v) is 16.1. The van der Waals surface area contributed by atoms with Crippen molar-refractivity contribution in [2.24, 2.45) is 0 Å². The Hall–Kier alpha value is -2.67. The van der Waals surface area contributed by atoms with Crippen molar-refractivity contribution in [3.8, 4) is 11.3 Å². The molecule has 0 bridgehead atoms. The van der Waals surface area contributed by atoms with Gasteiger partial charge in [0.15, 0.2) is 5.76 Å². The van der Waals surface area contributed by atoms with Crippen LogP contribution < -0.4 is 0 Å². The molecular weight excluding hydrogens is 358 g/mol. The standard InChI is InChI=1S/C21H25N3O4/c1-2-18(25)24-12-13-27-21(15-24)8-10-23(11-9-21)20(26)17-14-22-28-19(17)16-6-4-3-5-7-16/h3-7,14H,2,8-13,15H2,1H3. The molecule has 0 unspecified atom stereocenters. The number of carbonyl (C=O) groups excluding carboxylic acids is 2. The van der Waals surface area contributed by atoms with Crippen LogP contribution in [0.15, 0.2) is 41.1 Å². The van der Waals surface area contributed by atoms with Crippen LogP contribution in [0.25, 0.3) is 11.3 Å². The fraction of sp³-hybridized carbons (Fsp3) is 0.476. The first-order valence-corrected chi connectivity index (χ1v) is 9.83. The lowest BCUT2D eigenvalue weighted by molar-refractivity contribution is -0.157. The molecule has 0 aliphatic carbocycles. The van der Waals surface area contributed by atoms with E-state index in [0.29, 0.717) is 50.5 Å². The number of aromatic nitrogens is 1. The van der Waals surface area contributed by atoms with Crippen LogP contribution in [0.3, 0.4) is 0 Å². The summed E-state index contributed by atoms with van der Waals surface area (Å²) in [6.07, 6.45) is 3.45. The van der Waals surface area contributed by atoms with Crippen molar-refractivity contribution in [2.45, 2.75) is 31.8 Å². The van der Waals surface area contributed by atoms with Crippen LogP contribution in [0, 0.1) is 0 Å². The van der Waals surface area contributed by atoms with E-state index in [-0.39, 0.29) is 17.4 Å². The van der Waals surface area contributed by atoms with Crippen molar-refractivity contribution in [1.82, 2.24) is 15.0 Å². The third-order valence-electron chi connectivity index (χ3n) is 5.70. The van der Waals surface area contributed by atoms with Gasteiger partial charge in [-0.3, -0.25) is 9.59 Å². The van der Waals surface area contributed by atoms with Crippen molar-refractivity contribution in [3.63, 3.8) is 0 Å². The van der Waals surface area contributed by atoms with Gasteiger partial charge in [-0.2, -0.15) is 0 Å². The van der Waals surface area contributed by atoms with Crippen LogP contribution in [0.1, 0.15) is 36.5 Å². The van der Waals surface area contributed by atoms with Crippen LogP contribution in [-0.2, 0) is 9.53 Å². The highest BCUT2D eigenvalue weighted by Gasteiger charge is 2.42. The number of likely N-dealkylation sites (tertiary alicyclic amines) is 1. The highest BCUT2D eigenvalue weighted by Crippen LogP contribution is 2.32. The zero-order chi connectivity index (χ0) is 19.6. The van der Waals surface area contributed by atoms with Gasteiger partial charge in [0.05, 0.1) is 18.4 Å². The van der Waals surface area contributed by atoms with Crippen molar-refractivity contribution in [1.29, 1.82) is 0 Å². The van der Waals surface area contributed by atoms with Crippen molar-refractivity contribution in [3.05, 3.63) is 42.1 Å². The predicted molar refractivity (Wildman–Crippen MR) is 103 cm³/mol. The van der Waals surface area contributed by atoms with Gasteiger partial charge in [0.2, 0.25) is 5.91 Å². The summed E-state index contributed by atoms with van der Waals surface area (Å²) in [5.41, 5.74) is 0.979. The number of piperidine rings is 1. The molecule has 0 radical (unpaired) electrons. The number of benzene rings is 1. The summed E-state index contributed by atoms with van der Waals surface area (Å²) in [5.74, 6) is 0.588. The smallest absolute Gasteiger partial charge is 0.259 e. The molecule has 4 rings (SSSR count). The fourth-order valence-electron chi connectivity index (χ4n) is 4.06. The van der Waals surface area contributed by atoms with Crippen LogP contribution in [0.5, 0.6) is 0 Å². The molecule has 1 spiro atoms. The number of ether oxygens (including phenoxy) is 1. The predicted octanol–water partition coefficient (Wildman–Crippen LogP) is 2.59. The molecule has 28 heavy (non-hydrogen) atoms. The Balaban J connectivity index is 1.44. The number of hydrogen-bond donors (Lipinski definition) is 0. The van der Waals surface area contributed by atoms with E-state index in [9.17, 15) is 9.59 Å². The molecule has 0 atom stereocenters. The third-order valence-corrected chi connectivity index (χ3v) is 5.70. The van der Waals surface area contributed by atoms with Crippen molar-refractivity contribution < 1.29 is 18.8 Å². The molecule has 0 N–H and O–H groups in total. The van der Waals surface area contributed by atoms with Gasteiger partial charge in [0, 0.05) is 38.2 Å². The van der Waals surface area contributed by atoms with Gasteiger partial charge in [-0.05, 0) is 12.8 Å². The van der Waals surface area contributed by atoms with E-state index in [0.717, 1.165) is 18.4 Å². The lowest BCUT2D eigenvalue weighted by Gasteiger charge is -2.47. The summed E-state index contributed by atoms with van der Waals surface area (Å²) in [4.78, 5) is 28.9. The van der Waals surface area contributed by atoms with E-state index in [2.05, 4.69) is 5.16 Å². The molecule has 1 aromatic carbocycles. The minimum atomic E-state index is -0.337. The van der Waals surface area contributed by atoms with Gasteiger partial charge in [-0.15, -0.1) is 0 Å². The van der Waals surface area contributed by atoms with Crippen LogP contribution in [0.2, 0.25) is 0 Å². The van der Waals surface area contributed by atoms with Gasteiger partial charge >= 0.3 is 0 Å². The first-order valence-electron chi connectivity index (χ1n) is 9.83. The van der Waals surface area contributed by atoms with Gasteiger partial charge < -0.3 is 19.1 Å². The Morgan fingerprint density at radius 1 is 1.11 bits per heavy atom. The Bertz CT molecular complexity index is 840. The zero-order valence-electron chi connectivity index (χ0n) is 16.1. The Morgan fingerprint density at radius 2 is 1.86 bits per heavy atom. The largest absolute Gasteiger partial charge is 0.371 e. The topological polar surface area (TPSA) is 75.9 Å². The number of hydrogen-bond acceptors (Lipinski definition) is 5. The van der Waals surface area contributed by atoms with Gasteiger partial charge in [-0.1, -0.05) is 42.4 Å². The number of nitrogens with zero attached hydrogens (tertiary/aromatic N) is 3. The van der Waals surface area contributed by atoms with E-state index in [4.69, 9.17) is 9.26 Å². The van der Waals surface area contributed by atoms with Crippen LogP contribution in [-0.4, -0.2) is 65.2 Å². The third kappa shape index (κ3) is 3.54.